The fourth-order valence-electron chi connectivity index (χ4n) is 2.90. The first-order chi connectivity index (χ1) is 11.8. The van der Waals surface area contributed by atoms with Crippen LogP contribution in [0.4, 0.5) is 5.82 Å². The molecular weight excluding hydrogens is 304 g/mol. The lowest BCUT2D eigenvalue weighted by atomic mass is 10.2. The van der Waals surface area contributed by atoms with Crippen molar-refractivity contribution in [2.24, 2.45) is 0 Å². The Labute approximate surface area is 142 Å². The summed E-state index contributed by atoms with van der Waals surface area (Å²) in [5.74, 6) is 1.03. The smallest absolute Gasteiger partial charge is 0.222 e. The number of hydrogen-bond acceptors (Lipinski definition) is 5. The van der Waals surface area contributed by atoms with E-state index in [1.54, 1.807) is 11.0 Å². The molecule has 1 fully saturated rings. The van der Waals surface area contributed by atoms with Gasteiger partial charge in [0.05, 0.1) is 6.54 Å². The van der Waals surface area contributed by atoms with Crippen LogP contribution in [-0.2, 0) is 17.9 Å². The molecule has 0 saturated carbocycles. The fraction of sp³-hybridized carbons (Fsp3) is 0.529. The Morgan fingerprint density at radius 1 is 1.21 bits per heavy atom. The largest absolute Gasteiger partial charge is 0.357 e. The molecule has 128 valence electrons. The predicted molar refractivity (Wildman–Crippen MR) is 91.4 cm³/mol. The molecule has 1 amide bonds. The molecule has 0 radical (unpaired) electrons. The van der Waals surface area contributed by atoms with Crippen LogP contribution in [0.25, 0.3) is 0 Å². The Bertz CT molecular complexity index is 634. The fourth-order valence-corrected chi connectivity index (χ4v) is 2.90. The molecule has 0 bridgehead atoms. The van der Waals surface area contributed by atoms with Gasteiger partial charge in [0, 0.05) is 32.3 Å². The van der Waals surface area contributed by atoms with Gasteiger partial charge in [-0.15, -0.1) is 0 Å². The third-order valence-corrected chi connectivity index (χ3v) is 4.26. The molecule has 7 nitrogen and oxygen atoms in total. The number of hydrogen-bond donors (Lipinski definition) is 1. The molecule has 0 atom stereocenters. The molecule has 3 heterocycles. The van der Waals surface area contributed by atoms with Gasteiger partial charge in [-0.1, -0.05) is 12.8 Å². The van der Waals surface area contributed by atoms with Crippen LogP contribution in [0.2, 0.25) is 0 Å². The number of amides is 1. The van der Waals surface area contributed by atoms with Gasteiger partial charge in [0.15, 0.2) is 0 Å². The maximum absolute atomic E-state index is 11.9. The van der Waals surface area contributed by atoms with Gasteiger partial charge in [0.25, 0.3) is 0 Å². The summed E-state index contributed by atoms with van der Waals surface area (Å²) in [6.45, 7) is 3.21. The minimum atomic E-state index is 0.0126. The lowest BCUT2D eigenvalue weighted by molar-refractivity contribution is -0.121. The monoisotopic (exact) mass is 328 g/mol. The zero-order chi connectivity index (χ0) is 16.6. The van der Waals surface area contributed by atoms with E-state index < -0.39 is 0 Å². The zero-order valence-corrected chi connectivity index (χ0v) is 13.9. The number of carbonyl (C=O) groups excluding carboxylic acids is 1. The summed E-state index contributed by atoms with van der Waals surface area (Å²) in [5, 5.41) is 6.95. The highest BCUT2D eigenvalue weighted by Gasteiger charge is 2.11. The van der Waals surface area contributed by atoms with Gasteiger partial charge in [-0.3, -0.25) is 9.48 Å². The second kappa shape index (κ2) is 8.42. The predicted octanol–water partition coefficient (Wildman–Crippen LogP) is 1.76. The number of rotatable bonds is 6. The summed E-state index contributed by atoms with van der Waals surface area (Å²) in [5.41, 5.74) is 1.08. The van der Waals surface area contributed by atoms with Crippen molar-refractivity contribution in [1.29, 1.82) is 0 Å². The van der Waals surface area contributed by atoms with Crippen molar-refractivity contribution in [2.75, 3.05) is 18.0 Å². The first-order valence-corrected chi connectivity index (χ1v) is 8.60. The average molecular weight is 328 g/mol. The molecule has 1 N–H and O–H groups in total. The van der Waals surface area contributed by atoms with E-state index in [1.165, 1.54) is 32.0 Å². The summed E-state index contributed by atoms with van der Waals surface area (Å²) in [7, 11) is 0. The summed E-state index contributed by atoms with van der Waals surface area (Å²) in [6.07, 6.45) is 10.4. The molecule has 0 aromatic carbocycles. The Kier molecular flexibility index (Phi) is 5.76. The Morgan fingerprint density at radius 3 is 2.79 bits per heavy atom. The minimum absolute atomic E-state index is 0.0126. The number of nitrogens with one attached hydrogen (secondary N) is 1. The molecule has 1 aliphatic heterocycles. The van der Waals surface area contributed by atoms with Crippen LogP contribution in [0.5, 0.6) is 0 Å². The third-order valence-electron chi connectivity index (χ3n) is 4.26. The number of aromatic nitrogens is 4. The van der Waals surface area contributed by atoms with Crippen LogP contribution in [0, 0.1) is 0 Å². The number of anilines is 1. The van der Waals surface area contributed by atoms with Gasteiger partial charge < -0.3 is 10.2 Å². The van der Waals surface area contributed by atoms with Crippen LogP contribution in [0.3, 0.4) is 0 Å². The number of aryl methyl sites for hydroxylation is 1. The van der Waals surface area contributed by atoms with E-state index in [0.29, 0.717) is 19.5 Å². The SMILES string of the molecule is O=C(CCn1cncn1)NCc1ccnc(N2CCCCCC2)c1. The van der Waals surface area contributed by atoms with E-state index in [4.69, 9.17) is 0 Å². The summed E-state index contributed by atoms with van der Waals surface area (Å²) in [6, 6.07) is 4.04. The molecule has 0 aliphatic carbocycles. The second-order valence-corrected chi connectivity index (χ2v) is 6.11. The van der Waals surface area contributed by atoms with Crippen LogP contribution >= 0.6 is 0 Å². The van der Waals surface area contributed by atoms with Crippen LogP contribution in [0.1, 0.15) is 37.7 Å². The molecule has 0 unspecified atom stereocenters. The zero-order valence-electron chi connectivity index (χ0n) is 13.9. The van der Waals surface area contributed by atoms with Crippen LogP contribution < -0.4 is 10.2 Å². The standard InChI is InChI=1S/C17H24N6O/c24-17(6-10-23-14-18-13-21-23)20-12-15-5-7-19-16(11-15)22-8-3-1-2-4-9-22/h5,7,11,13-14H,1-4,6,8-10,12H2,(H,20,24). The highest BCUT2D eigenvalue weighted by atomic mass is 16.1. The number of carbonyl (C=O) groups is 1. The first-order valence-electron chi connectivity index (χ1n) is 8.60. The lowest BCUT2D eigenvalue weighted by Gasteiger charge is -2.21. The maximum Gasteiger partial charge on any atom is 0.222 e. The van der Waals surface area contributed by atoms with Gasteiger partial charge >= 0.3 is 0 Å². The van der Waals surface area contributed by atoms with Crippen molar-refractivity contribution < 1.29 is 4.79 Å². The van der Waals surface area contributed by atoms with Crippen molar-refractivity contribution in [3.8, 4) is 0 Å². The minimum Gasteiger partial charge on any atom is -0.357 e. The van der Waals surface area contributed by atoms with E-state index >= 15 is 0 Å². The van der Waals surface area contributed by atoms with Gasteiger partial charge in [-0.05, 0) is 30.5 Å². The first kappa shape index (κ1) is 16.4. The van der Waals surface area contributed by atoms with E-state index in [1.807, 2.05) is 12.3 Å². The summed E-state index contributed by atoms with van der Waals surface area (Å²) < 4.78 is 1.66. The molecule has 7 heteroatoms. The normalized spacial score (nSPS) is 15.1. The Balaban J connectivity index is 1.49. The van der Waals surface area contributed by atoms with E-state index in [0.717, 1.165) is 24.5 Å². The molecule has 1 aliphatic rings. The van der Waals surface area contributed by atoms with Crippen molar-refractivity contribution >= 4 is 11.7 Å². The topological polar surface area (TPSA) is 75.9 Å². The van der Waals surface area contributed by atoms with Gasteiger partial charge in [-0.2, -0.15) is 5.10 Å². The quantitative estimate of drug-likeness (QED) is 0.874. The number of nitrogens with zero attached hydrogens (tertiary/aromatic N) is 5. The highest BCUT2D eigenvalue weighted by Crippen LogP contribution is 2.18. The van der Waals surface area contributed by atoms with Gasteiger partial charge in [0.2, 0.25) is 5.91 Å². The maximum atomic E-state index is 11.9. The van der Waals surface area contributed by atoms with E-state index in [-0.39, 0.29) is 5.91 Å². The van der Waals surface area contributed by atoms with Crippen molar-refractivity contribution in [2.45, 2.75) is 45.2 Å². The van der Waals surface area contributed by atoms with Crippen molar-refractivity contribution in [3.05, 3.63) is 36.5 Å². The van der Waals surface area contributed by atoms with E-state index in [2.05, 4.69) is 31.3 Å². The van der Waals surface area contributed by atoms with Gasteiger partial charge in [0.1, 0.15) is 18.5 Å². The summed E-state index contributed by atoms with van der Waals surface area (Å²) in [4.78, 5) is 22.7. The van der Waals surface area contributed by atoms with Crippen LogP contribution in [-0.4, -0.2) is 38.7 Å². The molecule has 2 aromatic heterocycles. The average Bonchev–Trinajstić information content (AvgIpc) is 2.98. The van der Waals surface area contributed by atoms with Crippen LogP contribution in [0.15, 0.2) is 31.0 Å². The Morgan fingerprint density at radius 2 is 2.04 bits per heavy atom. The molecule has 2 aromatic rings. The van der Waals surface area contributed by atoms with Crippen molar-refractivity contribution in [3.63, 3.8) is 0 Å². The second-order valence-electron chi connectivity index (χ2n) is 6.11. The molecule has 24 heavy (non-hydrogen) atoms. The molecule has 3 rings (SSSR count). The molecule has 1 saturated heterocycles. The van der Waals surface area contributed by atoms with Gasteiger partial charge in [-0.25, -0.2) is 9.97 Å². The molecule has 0 spiro atoms. The van der Waals surface area contributed by atoms with E-state index in [9.17, 15) is 4.79 Å². The lowest BCUT2D eigenvalue weighted by Crippen LogP contribution is -2.26. The third kappa shape index (κ3) is 4.78. The molecular formula is C17H24N6O. The number of pyridine rings is 1. The highest BCUT2D eigenvalue weighted by molar-refractivity contribution is 5.75. The Hall–Kier alpha value is -2.44. The summed E-state index contributed by atoms with van der Waals surface area (Å²) >= 11 is 0. The van der Waals surface area contributed by atoms with Crippen molar-refractivity contribution in [1.82, 2.24) is 25.1 Å².